The van der Waals surface area contributed by atoms with Crippen LogP contribution in [0.5, 0.6) is 0 Å². The minimum absolute atomic E-state index is 0.0447. The van der Waals surface area contributed by atoms with Crippen molar-refractivity contribution in [3.8, 4) is 0 Å². The molecule has 0 fully saturated rings. The molecular weight excluding hydrogens is 260 g/mol. The van der Waals surface area contributed by atoms with Crippen molar-refractivity contribution < 1.29 is 17.6 Å². The van der Waals surface area contributed by atoms with Gasteiger partial charge in [-0.25, -0.2) is 4.39 Å². The maximum Gasteiger partial charge on any atom is 0.405 e. The quantitative estimate of drug-likeness (QED) is 0.833. The summed E-state index contributed by atoms with van der Waals surface area (Å²) in [4.78, 5) is 1.01. The predicted octanol–water partition coefficient (Wildman–Crippen LogP) is 3.62. The van der Waals surface area contributed by atoms with E-state index in [4.69, 9.17) is 5.73 Å². The third-order valence-electron chi connectivity index (χ3n) is 2.69. The van der Waals surface area contributed by atoms with Crippen LogP contribution in [-0.2, 0) is 0 Å². The van der Waals surface area contributed by atoms with Crippen molar-refractivity contribution in [3.63, 3.8) is 0 Å². The Labute approximate surface area is 110 Å². The Kier molecular flexibility index (Phi) is 5.17. The predicted molar refractivity (Wildman–Crippen MR) is 67.6 cm³/mol. The van der Waals surface area contributed by atoms with Gasteiger partial charge in [-0.2, -0.15) is 13.2 Å². The zero-order valence-electron chi connectivity index (χ0n) is 11.0. The molecule has 1 aromatic rings. The highest BCUT2D eigenvalue weighted by Crippen LogP contribution is 2.31. The Bertz CT molecular complexity index is 416. The topological polar surface area (TPSA) is 29.3 Å². The molecular formula is C13H18F4N2. The number of para-hydroxylation sites is 1. The summed E-state index contributed by atoms with van der Waals surface area (Å²) in [6.45, 7) is 2.31. The van der Waals surface area contributed by atoms with Crippen LogP contribution in [0.1, 0.15) is 31.9 Å². The van der Waals surface area contributed by atoms with E-state index >= 15 is 0 Å². The van der Waals surface area contributed by atoms with Crippen LogP contribution in [0, 0.1) is 5.82 Å². The standard InChI is InChI=1S/C13H18F4N2/c1-3-7-19(8-13(15,16)17)12-10(9(2)18)5-4-6-11(12)14/h4-6,9H,3,7-8,18H2,1-2H3. The van der Waals surface area contributed by atoms with Gasteiger partial charge in [-0.1, -0.05) is 19.1 Å². The van der Waals surface area contributed by atoms with E-state index in [2.05, 4.69) is 0 Å². The lowest BCUT2D eigenvalue weighted by atomic mass is 10.0. The van der Waals surface area contributed by atoms with Gasteiger partial charge in [0.25, 0.3) is 0 Å². The number of rotatable bonds is 5. The third-order valence-corrected chi connectivity index (χ3v) is 2.69. The number of hydrogen-bond donors (Lipinski definition) is 1. The van der Waals surface area contributed by atoms with E-state index in [-0.39, 0.29) is 12.2 Å². The van der Waals surface area contributed by atoms with Gasteiger partial charge in [-0.3, -0.25) is 0 Å². The number of hydrogen-bond acceptors (Lipinski definition) is 2. The van der Waals surface area contributed by atoms with Crippen molar-refractivity contribution in [2.24, 2.45) is 5.73 Å². The molecule has 0 aliphatic heterocycles. The van der Waals surface area contributed by atoms with Crippen LogP contribution in [0.3, 0.4) is 0 Å². The molecule has 1 atom stereocenters. The van der Waals surface area contributed by atoms with Gasteiger partial charge in [0.2, 0.25) is 0 Å². The first-order valence-electron chi connectivity index (χ1n) is 6.12. The molecule has 1 aromatic carbocycles. The summed E-state index contributed by atoms with van der Waals surface area (Å²) in [5.74, 6) is -0.674. The molecule has 0 radical (unpaired) electrons. The Hall–Kier alpha value is -1.30. The van der Waals surface area contributed by atoms with E-state index in [1.807, 2.05) is 0 Å². The summed E-state index contributed by atoms with van der Waals surface area (Å²) in [5, 5.41) is 0. The summed E-state index contributed by atoms with van der Waals surface area (Å²) >= 11 is 0. The van der Waals surface area contributed by atoms with E-state index in [0.29, 0.717) is 12.0 Å². The zero-order valence-corrected chi connectivity index (χ0v) is 11.0. The Balaban J connectivity index is 3.21. The van der Waals surface area contributed by atoms with Crippen LogP contribution in [0.4, 0.5) is 23.2 Å². The van der Waals surface area contributed by atoms with Gasteiger partial charge in [0.1, 0.15) is 12.4 Å². The highest BCUT2D eigenvalue weighted by molar-refractivity contribution is 5.56. The van der Waals surface area contributed by atoms with Crippen molar-refractivity contribution in [3.05, 3.63) is 29.6 Å². The molecule has 2 N–H and O–H groups in total. The second kappa shape index (κ2) is 6.23. The van der Waals surface area contributed by atoms with Gasteiger partial charge in [-0.05, 0) is 25.0 Å². The highest BCUT2D eigenvalue weighted by Gasteiger charge is 2.32. The van der Waals surface area contributed by atoms with Crippen molar-refractivity contribution in [2.45, 2.75) is 32.5 Å². The lowest BCUT2D eigenvalue weighted by Gasteiger charge is -2.29. The summed E-state index contributed by atoms with van der Waals surface area (Å²) in [6.07, 6.45) is -3.89. The van der Waals surface area contributed by atoms with E-state index in [1.165, 1.54) is 6.07 Å². The molecule has 0 aliphatic rings. The molecule has 0 amide bonds. The second-order valence-electron chi connectivity index (χ2n) is 4.50. The minimum atomic E-state index is -4.38. The molecule has 19 heavy (non-hydrogen) atoms. The molecule has 0 heterocycles. The molecule has 6 heteroatoms. The van der Waals surface area contributed by atoms with E-state index in [0.717, 1.165) is 11.0 Å². The zero-order chi connectivity index (χ0) is 14.6. The number of benzene rings is 1. The SMILES string of the molecule is CCCN(CC(F)(F)F)c1c(F)cccc1C(C)N. The lowest BCUT2D eigenvalue weighted by Crippen LogP contribution is -2.36. The fourth-order valence-electron chi connectivity index (χ4n) is 1.99. The fourth-order valence-corrected chi connectivity index (χ4v) is 1.99. The smallest absolute Gasteiger partial charge is 0.360 e. The highest BCUT2D eigenvalue weighted by atomic mass is 19.4. The Morgan fingerprint density at radius 2 is 1.95 bits per heavy atom. The van der Waals surface area contributed by atoms with Gasteiger partial charge in [0.15, 0.2) is 0 Å². The summed E-state index contributed by atoms with van der Waals surface area (Å²) < 4.78 is 51.6. The van der Waals surface area contributed by atoms with Crippen LogP contribution < -0.4 is 10.6 Å². The molecule has 0 bridgehead atoms. The fraction of sp³-hybridized carbons (Fsp3) is 0.538. The number of halogens is 4. The first-order chi connectivity index (χ1) is 8.76. The Morgan fingerprint density at radius 3 is 2.42 bits per heavy atom. The van der Waals surface area contributed by atoms with Crippen molar-refractivity contribution in [1.29, 1.82) is 0 Å². The normalized spacial score (nSPS) is 13.4. The van der Waals surface area contributed by atoms with Gasteiger partial charge in [0.05, 0.1) is 5.69 Å². The van der Waals surface area contributed by atoms with E-state index in [9.17, 15) is 17.6 Å². The molecule has 0 aromatic heterocycles. The molecule has 0 saturated heterocycles. The molecule has 0 saturated carbocycles. The summed E-state index contributed by atoms with van der Waals surface area (Å²) in [7, 11) is 0. The van der Waals surface area contributed by atoms with Crippen LogP contribution in [0.25, 0.3) is 0 Å². The lowest BCUT2D eigenvalue weighted by molar-refractivity contribution is -0.119. The number of anilines is 1. The Morgan fingerprint density at radius 1 is 1.32 bits per heavy atom. The largest absolute Gasteiger partial charge is 0.405 e. The monoisotopic (exact) mass is 278 g/mol. The third kappa shape index (κ3) is 4.38. The second-order valence-corrected chi connectivity index (χ2v) is 4.50. The van der Waals surface area contributed by atoms with Crippen LogP contribution in [-0.4, -0.2) is 19.3 Å². The average molecular weight is 278 g/mol. The number of nitrogens with two attached hydrogens (primary N) is 1. The molecule has 1 unspecified atom stereocenters. The average Bonchev–Trinajstić information content (AvgIpc) is 2.26. The van der Waals surface area contributed by atoms with Gasteiger partial charge >= 0.3 is 6.18 Å². The maximum absolute atomic E-state index is 13.9. The number of alkyl halides is 3. The summed E-state index contributed by atoms with van der Waals surface area (Å²) in [6, 6.07) is 3.63. The van der Waals surface area contributed by atoms with Crippen molar-refractivity contribution in [2.75, 3.05) is 18.0 Å². The van der Waals surface area contributed by atoms with Gasteiger partial charge < -0.3 is 10.6 Å². The molecule has 2 nitrogen and oxygen atoms in total. The minimum Gasteiger partial charge on any atom is -0.360 e. The van der Waals surface area contributed by atoms with E-state index in [1.54, 1.807) is 19.9 Å². The van der Waals surface area contributed by atoms with Crippen LogP contribution in [0.15, 0.2) is 18.2 Å². The van der Waals surface area contributed by atoms with Crippen LogP contribution >= 0.6 is 0 Å². The van der Waals surface area contributed by atoms with Crippen molar-refractivity contribution in [1.82, 2.24) is 0 Å². The van der Waals surface area contributed by atoms with E-state index < -0.39 is 24.6 Å². The number of nitrogens with zero attached hydrogens (tertiary/aromatic N) is 1. The first kappa shape index (κ1) is 15.8. The van der Waals surface area contributed by atoms with Gasteiger partial charge in [0, 0.05) is 12.6 Å². The van der Waals surface area contributed by atoms with Crippen LogP contribution in [0.2, 0.25) is 0 Å². The molecule has 0 aliphatic carbocycles. The molecule has 108 valence electrons. The first-order valence-corrected chi connectivity index (χ1v) is 6.12. The summed E-state index contributed by atoms with van der Waals surface area (Å²) in [5.41, 5.74) is 6.05. The van der Waals surface area contributed by atoms with Crippen molar-refractivity contribution >= 4 is 5.69 Å². The maximum atomic E-state index is 13.9. The van der Waals surface area contributed by atoms with Gasteiger partial charge in [-0.15, -0.1) is 0 Å². The molecule has 1 rings (SSSR count). The molecule has 0 spiro atoms.